The first-order valence-corrected chi connectivity index (χ1v) is 7.80. The summed E-state index contributed by atoms with van der Waals surface area (Å²) in [5.74, 6) is 0.821. The Labute approximate surface area is 133 Å². The lowest BCUT2D eigenvalue weighted by Crippen LogP contribution is -2.03. The van der Waals surface area contributed by atoms with Gasteiger partial charge in [-0.15, -0.1) is 11.3 Å². The van der Waals surface area contributed by atoms with E-state index in [1.807, 2.05) is 34.3 Å². The van der Waals surface area contributed by atoms with Gasteiger partial charge in [0.2, 0.25) is 0 Å². The summed E-state index contributed by atoms with van der Waals surface area (Å²) < 4.78 is 2.62. The molecular formula is C14H10BrN3O2S. The Morgan fingerprint density at radius 2 is 2.24 bits per heavy atom. The number of nitro groups is 1. The van der Waals surface area contributed by atoms with Crippen LogP contribution in [0.3, 0.4) is 0 Å². The molecule has 0 unspecified atom stereocenters. The quantitative estimate of drug-likeness (QED) is 0.511. The monoisotopic (exact) mass is 363 g/mol. The lowest BCUT2D eigenvalue weighted by atomic mass is 10.2. The average molecular weight is 364 g/mol. The highest BCUT2D eigenvalue weighted by atomic mass is 79.9. The minimum atomic E-state index is -0.359. The van der Waals surface area contributed by atoms with E-state index in [9.17, 15) is 10.1 Å². The lowest BCUT2D eigenvalue weighted by Gasteiger charge is -2.07. The van der Waals surface area contributed by atoms with Crippen molar-refractivity contribution in [3.8, 4) is 10.7 Å². The van der Waals surface area contributed by atoms with Crippen LogP contribution in [0.25, 0.3) is 10.7 Å². The minimum absolute atomic E-state index is 0.107. The van der Waals surface area contributed by atoms with Crippen LogP contribution in [0, 0.1) is 10.1 Å². The highest BCUT2D eigenvalue weighted by molar-refractivity contribution is 9.10. The highest BCUT2D eigenvalue weighted by Crippen LogP contribution is 2.27. The van der Waals surface area contributed by atoms with Crippen LogP contribution in [0.5, 0.6) is 0 Å². The maximum atomic E-state index is 11.2. The molecule has 0 spiro atoms. The summed E-state index contributed by atoms with van der Waals surface area (Å²) in [5, 5.41) is 13.2. The summed E-state index contributed by atoms with van der Waals surface area (Å²) in [6.07, 6.45) is 3.54. The Morgan fingerprint density at radius 3 is 2.95 bits per heavy atom. The lowest BCUT2D eigenvalue weighted by molar-refractivity contribution is -0.385. The summed E-state index contributed by atoms with van der Waals surface area (Å²) in [6.45, 7) is 0.414. The number of halogens is 1. The second-order valence-electron chi connectivity index (χ2n) is 4.39. The number of hydrogen-bond acceptors (Lipinski definition) is 4. The van der Waals surface area contributed by atoms with E-state index in [0.29, 0.717) is 16.6 Å². The van der Waals surface area contributed by atoms with Gasteiger partial charge in [-0.05, 0) is 23.6 Å². The van der Waals surface area contributed by atoms with E-state index in [2.05, 4.69) is 20.9 Å². The first kappa shape index (κ1) is 14.0. The van der Waals surface area contributed by atoms with E-state index >= 15 is 0 Å². The van der Waals surface area contributed by atoms with Gasteiger partial charge in [-0.1, -0.05) is 22.0 Å². The standard InChI is InChI=1S/C14H10BrN3O2S/c15-11-4-3-10(12(8-11)18(19)20)9-17-6-5-16-14(17)13-2-1-7-21-13/h1-8H,9H2. The fourth-order valence-electron chi connectivity index (χ4n) is 2.09. The Morgan fingerprint density at radius 1 is 1.38 bits per heavy atom. The van der Waals surface area contributed by atoms with Crippen LogP contribution >= 0.6 is 27.3 Å². The molecule has 0 N–H and O–H groups in total. The van der Waals surface area contributed by atoms with Crippen LogP contribution in [0.2, 0.25) is 0 Å². The summed E-state index contributed by atoms with van der Waals surface area (Å²) in [7, 11) is 0. The van der Waals surface area contributed by atoms with E-state index in [4.69, 9.17) is 0 Å². The first-order chi connectivity index (χ1) is 10.1. The molecule has 2 heterocycles. The summed E-state index contributed by atoms with van der Waals surface area (Å²) in [6, 6.07) is 9.04. The van der Waals surface area contributed by atoms with Crippen molar-refractivity contribution in [3.05, 3.63) is 68.3 Å². The Bertz CT molecular complexity index is 783. The van der Waals surface area contributed by atoms with Crippen LogP contribution in [0.1, 0.15) is 5.56 Å². The van der Waals surface area contributed by atoms with Gasteiger partial charge >= 0.3 is 0 Å². The number of imidazole rings is 1. The van der Waals surface area contributed by atoms with Gasteiger partial charge in [-0.2, -0.15) is 0 Å². The molecule has 0 saturated heterocycles. The van der Waals surface area contributed by atoms with Crippen molar-refractivity contribution in [1.29, 1.82) is 0 Å². The minimum Gasteiger partial charge on any atom is -0.326 e. The van der Waals surface area contributed by atoms with Crippen molar-refractivity contribution in [2.45, 2.75) is 6.54 Å². The van der Waals surface area contributed by atoms with Gasteiger partial charge in [0.1, 0.15) is 5.82 Å². The number of benzene rings is 1. The number of aromatic nitrogens is 2. The second kappa shape index (κ2) is 5.79. The van der Waals surface area contributed by atoms with Crippen LogP contribution in [-0.4, -0.2) is 14.5 Å². The molecule has 5 nitrogen and oxygen atoms in total. The molecule has 106 valence electrons. The van der Waals surface area contributed by atoms with E-state index < -0.39 is 0 Å². The number of hydrogen-bond donors (Lipinski definition) is 0. The number of thiophene rings is 1. The molecule has 0 bridgehead atoms. The van der Waals surface area contributed by atoms with Gasteiger partial charge in [0.25, 0.3) is 5.69 Å². The van der Waals surface area contributed by atoms with Gasteiger partial charge in [0.05, 0.1) is 16.3 Å². The zero-order valence-electron chi connectivity index (χ0n) is 10.8. The topological polar surface area (TPSA) is 61.0 Å². The zero-order chi connectivity index (χ0) is 14.8. The molecule has 0 aliphatic heterocycles. The van der Waals surface area contributed by atoms with E-state index in [1.54, 1.807) is 23.6 Å². The van der Waals surface area contributed by atoms with Gasteiger partial charge in [0.15, 0.2) is 0 Å². The molecule has 0 fully saturated rings. The smallest absolute Gasteiger partial charge is 0.275 e. The molecular weight excluding hydrogens is 354 g/mol. The molecule has 3 rings (SSSR count). The predicted molar refractivity (Wildman–Crippen MR) is 85.4 cm³/mol. The molecule has 3 aromatic rings. The molecule has 0 saturated carbocycles. The molecule has 0 aliphatic carbocycles. The summed E-state index contributed by atoms with van der Waals surface area (Å²) in [4.78, 5) is 16.2. The largest absolute Gasteiger partial charge is 0.326 e. The number of nitrogens with zero attached hydrogens (tertiary/aromatic N) is 3. The van der Waals surface area contributed by atoms with E-state index in [-0.39, 0.29) is 10.6 Å². The fourth-order valence-corrected chi connectivity index (χ4v) is 3.18. The SMILES string of the molecule is O=[N+]([O-])c1cc(Br)ccc1Cn1ccnc1-c1cccs1. The van der Waals surface area contributed by atoms with Crippen LogP contribution in [0.4, 0.5) is 5.69 Å². The number of nitro benzene ring substituents is 1. The Hall–Kier alpha value is -1.99. The molecule has 0 amide bonds. The molecule has 0 atom stereocenters. The van der Waals surface area contributed by atoms with E-state index in [0.717, 1.165) is 10.7 Å². The average Bonchev–Trinajstić information content (AvgIpc) is 3.11. The maximum Gasteiger partial charge on any atom is 0.275 e. The van der Waals surface area contributed by atoms with Crippen molar-refractivity contribution >= 4 is 33.0 Å². The molecule has 0 radical (unpaired) electrons. The fraction of sp³-hybridized carbons (Fsp3) is 0.0714. The van der Waals surface area contributed by atoms with E-state index in [1.165, 1.54) is 6.07 Å². The molecule has 21 heavy (non-hydrogen) atoms. The van der Waals surface area contributed by atoms with Crippen molar-refractivity contribution in [1.82, 2.24) is 9.55 Å². The molecule has 1 aromatic carbocycles. The maximum absolute atomic E-state index is 11.2. The van der Waals surface area contributed by atoms with Crippen molar-refractivity contribution in [3.63, 3.8) is 0 Å². The summed E-state index contributed by atoms with van der Waals surface area (Å²) >= 11 is 4.86. The predicted octanol–water partition coefficient (Wildman–Crippen LogP) is 4.33. The third-order valence-electron chi connectivity index (χ3n) is 3.04. The van der Waals surface area contributed by atoms with Gasteiger partial charge in [-0.3, -0.25) is 10.1 Å². The highest BCUT2D eigenvalue weighted by Gasteiger charge is 2.16. The van der Waals surface area contributed by atoms with Crippen LogP contribution in [-0.2, 0) is 6.54 Å². The van der Waals surface area contributed by atoms with Crippen LogP contribution < -0.4 is 0 Å². The normalized spacial score (nSPS) is 10.7. The van der Waals surface area contributed by atoms with Crippen molar-refractivity contribution < 1.29 is 4.92 Å². The molecule has 2 aromatic heterocycles. The second-order valence-corrected chi connectivity index (χ2v) is 6.25. The summed E-state index contributed by atoms with van der Waals surface area (Å²) in [5.41, 5.74) is 0.759. The third kappa shape index (κ3) is 2.88. The first-order valence-electron chi connectivity index (χ1n) is 6.13. The van der Waals surface area contributed by atoms with Crippen molar-refractivity contribution in [2.24, 2.45) is 0 Å². The molecule has 7 heteroatoms. The zero-order valence-corrected chi connectivity index (χ0v) is 13.2. The Kier molecular flexibility index (Phi) is 3.85. The third-order valence-corrected chi connectivity index (χ3v) is 4.40. The van der Waals surface area contributed by atoms with Crippen LogP contribution in [0.15, 0.2) is 52.6 Å². The Balaban J connectivity index is 1.99. The van der Waals surface area contributed by atoms with Crippen molar-refractivity contribution in [2.75, 3.05) is 0 Å². The molecule has 0 aliphatic rings. The van der Waals surface area contributed by atoms with Gasteiger partial charge in [-0.25, -0.2) is 4.98 Å². The van der Waals surface area contributed by atoms with Gasteiger partial charge < -0.3 is 4.57 Å². The van der Waals surface area contributed by atoms with Gasteiger partial charge in [0, 0.05) is 28.5 Å². The number of rotatable bonds is 4.